The molecule has 0 N–H and O–H groups in total. The van der Waals surface area contributed by atoms with E-state index in [1.54, 1.807) is 30.2 Å². The van der Waals surface area contributed by atoms with Gasteiger partial charge in [0, 0.05) is 10.7 Å². The zero-order valence-electron chi connectivity index (χ0n) is 17.0. The maximum Gasteiger partial charge on any atom is 0.271 e. The first-order valence-corrected chi connectivity index (χ1v) is 10.6. The molecule has 0 spiro atoms. The van der Waals surface area contributed by atoms with Crippen LogP contribution in [0.2, 0.25) is 10.0 Å². The van der Waals surface area contributed by atoms with Crippen LogP contribution in [0.15, 0.2) is 66.7 Å². The van der Waals surface area contributed by atoms with Crippen molar-refractivity contribution in [2.75, 3.05) is 18.6 Å². The molecular formula is C24H21Cl2NO4. The van der Waals surface area contributed by atoms with Crippen molar-refractivity contribution in [3.63, 3.8) is 0 Å². The fourth-order valence-corrected chi connectivity index (χ4v) is 4.02. The molecule has 1 aliphatic heterocycles. The first-order valence-electron chi connectivity index (χ1n) is 9.83. The summed E-state index contributed by atoms with van der Waals surface area (Å²) in [5.41, 5.74) is 1.68. The van der Waals surface area contributed by atoms with Gasteiger partial charge < -0.3 is 14.2 Å². The molecule has 3 aromatic carbocycles. The highest BCUT2D eigenvalue weighted by Crippen LogP contribution is 2.43. The molecule has 160 valence electrons. The smallest absolute Gasteiger partial charge is 0.271 e. The number of hydrogen-bond donors (Lipinski definition) is 0. The van der Waals surface area contributed by atoms with Gasteiger partial charge in [-0.05, 0) is 67.1 Å². The van der Waals surface area contributed by atoms with E-state index in [0.29, 0.717) is 22.4 Å². The molecule has 1 aliphatic rings. The summed E-state index contributed by atoms with van der Waals surface area (Å²) in [6.07, 6.45) is -0.723. The number of halogens is 2. The lowest BCUT2D eigenvalue weighted by molar-refractivity contribution is -0.135. The Morgan fingerprint density at radius 3 is 2.23 bits per heavy atom. The molecule has 0 radical (unpaired) electrons. The Kier molecular flexibility index (Phi) is 6.25. The number of ether oxygens (including phenoxy) is 3. The highest BCUT2D eigenvalue weighted by Gasteiger charge is 2.51. The summed E-state index contributed by atoms with van der Waals surface area (Å²) < 4.78 is 16.8. The minimum atomic E-state index is -0.723. The quantitative estimate of drug-likeness (QED) is 0.412. The van der Waals surface area contributed by atoms with Crippen LogP contribution in [0.25, 0.3) is 0 Å². The average Bonchev–Trinajstić information content (AvgIpc) is 2.78. The number of hydrogen-bond acceptors (Lipinski definition) is 4. The molecule has 7 heteroatoms. The second-order valence-corrected chi connectivity index (χ2v) is 7.81. The molecule has 1 amide bonds. The van der Waals surface area contributed by atoms with Gasteiger partial charge in [0.1, 0.15) is 23.3 Å². The number of carbonyl (C=O) groups excluding carboxylic acids is 1. The largest absolute Gasteiger partial charge is 0.497 e. The van der Waals surface area contributed by atoms with Gasteiger partial charge in [-0.25, -0.2) is 0 Å². The predicted octanol–water partition coefficient (Wildman–Crippen LogP) is 5.94. The van der Waals surface area contributed by atoms with E-state index in [1.165, 1.54) is 0 Å². The predicted molar refractivity (Wildman–Crippen MR) is 122 cm³/mol. The maximum absolute atomic E-state index is 13.1. The van der Waals surface area contributed by atoms with E-state index in [0.717, 1.165) is 22.7 Å². The van der Waals surface area contributed by atoms with Crippen LogP contribution in [-0.2, 0) is 4.79 Å². The molecule has 1 saturated heterocycles. The molecule has 31 heavy (non-hydrogen) atoms. The van der Waals surface area contributed by atoms with Crippen molar-refractivity contribution in [2.24, 2.45) is 0 Å². The van der Waals surface area contributed by atoms with E-state index in [-0.39, 0.29) is 11.9 Å². The molecule has 0 bridgehead atoms. The summed E-state index contributed by atoms with van der Waals surface area (Å²) in [6, 6.07) is 19.6. The van der Waals surface area contributed by atoms with Crippen LogP contribution in [0.3, 0.4) is 0 Å². The summed E-state index contributed by atoms with van der Waals surface area (Å²) >= 11 is 12.3. The van der Waals surface area contributed by atoms with Gasteiger partial charge in [-0.2, -0.15) is 0 Å². The SMILES string of the molecule is CCOc1ccc(N2C(=O)[C@@H](Oc3ccc(Cl)cc3Cl)[C@H]2c2ccc(OC)cc2)cc1. The number of rotatable bonds is 7. The van der Waals surface area contributed by atoms with E-state index in [2.05, 4.69) is 0 Å². The number of nitrogens with zero attached hydrogens (tertiary/aromatic N) is 1. The summed E-state index contributed by atoms with van der Waals surface area (Å²) in [5, 5.41) is 0.855. The average molecular weight is 458 g/mol. The molecular weight excluding hydrogens is 437 g/mol. The maximum atomic E-state index is 13.1. The van der Waals surface area contributed by atoms with Gasteiger partial charge in [0.05, 0.1) is 18.7 Å². The minimum Gasteiger partial charge on any atom is -0.497 e. The fourth-order valence-electron chi connectivity index (χ4n) is 3.57. The monoisotopic (exact) mass is 457 g/mol. The molecule has 0 unspecified atom stereocenters. The van der Waals surface area contributed by atoms with E-state index in [1.807, 2.05) is 55.5 Å². The fraction of sp³-hybridized carbons (Fsp3) is 0.208. The topological polar surface area (TPSA) is 48.0 Å². The molecule has 0 aromatic heterocycles. The lowest BCUT2D eigenvalue weighted by Crippen LogP contribution is -2.61. The lowest BCUT2D eigenvalue weighted by Gasteiger charge is -2.46. The van der Waals surface area contributed by atoms with E-state index >= 15 is 0 Å². The van der Waals surface area contributed by atoms with Gasteiger partial charge in [0.2, 0.25) is 6.10 Å². The van der Waals surface area contributed by atoms with Crippen LogP contribution in [0.4, 0.5) is 5.69 Å². The molecule has 0 aliphatic carbocycles. The van der Waals surface area contributed by atoms with Crippen LogP contribution in [0.5, 0.6) is 17.2 Å². The lowest BCUT2D eigenvalue weighted by atomic mass is 9.89. The molecule has 0 saturated carbocycles. The van der Waals surface area contributed by atoms with Crippen molar-refractivity contribution in [1.29, 1.82) is 0 Å². The first-order chi connectivity index (χ1) is 15.0. The van der Waals surface area contributed by atoms with Gasteiger partial charge in [-0.3, -0.25) is 9.69 Å². The van der Waals surface area contributed by atoms with Gasteiger partial charge in [-0.1, -0.05) is 35.3 Å². The number of anilines is 1. The van der Waals surface area contributed by atoms with Crippen molar-refractivity contribution in [3.8, 4) is 17.2 Å². The minimum absolute atomic E-state index is 0.156. The Bertz CT molecular complexity index is 1070. The summed E-state index contributed by atoms with van der Waals surface area (Å²) in [6.45, 7) is 2.50. The normalized spacial score (nSPS) is 17.8. The van der Waals surface area contributed by atoms with Gasteiger partial charge in [-0.15, -0.1) is 0 Å². The van der Waals surface area contributed by atoms with Crippen LogP contribution in [0.1, 0.15) is 18.5 Å². The molecule has 3 aromatic rings. The van der Waals surface area contributed by atoms with Crippen LogP contribution < -0.4 is 19.1 Å². The third-order valence-corrected chi connectivity index (χ3v) is 5.61. The molecule has 4 rings (SSSR count). The first kappa shape index (κ1) is 21.3. The third kappa shape index (κ3) is 4.29. The van der Waals surface area contributed by atoms with E-state index in [9.17, 15) is 4.79 Å². The van der Waals surface area contributed by atoms with Crippen molar-refractivity contribution >= 4 is 34.8 Å². The Morgan fingerprint density at radius 2 is 1.61 bits per heavy atom. The summed E-state index contributed by atoms with van der Waals surface area (Å²) in [4.78, 5) is 14.9. The van der Waals surface area contributed by atoms with Gasteiger partial charge in [0.15, 0.2) is 0 Å². The highest BCUT2D eigenvalue weighted by molar-refractivity contribution is 6.35. The zero-order valence-corrected chi connectivity index (χ0v) is 18.6. The Hall–Kier alpha value is -2.89. The summed E-state index contributed by atoms with van der Waals surface area (Å²) in [5.74, 6) is 1.74. The van der Waals surface area contributed by atoms with E-state index in [4.69, 9.17) is 37.4 Å². The molecule has 1 heterocycles. The zero-order chi connectivity index (χ0) is 22.0. The Labute approximate surface area is 191 Å². The summed E-state index contributed by atoms with van der Waals surface area (Å²) in [7, 11) is 1.61. The Balaban J connectivity index is 1.66. The van der Waals surface area contributed by atoms with Crippen molar-refractivity contribution in [3.05, 3.63) is 82.3 Å². The van der Waals surface area contributed by atoms with Crippen LogP contribution in [0, 0.1) is 0 Å². The highest BCUT2D eigenvalue weighted by atomic mass is 35.5. The van der Waals surface area contributed by atoms with Gasteiger partial charge >= 0.3 is 0 Å². The number of methoxy groups -OCH3 is 1. The van der Waals surface area contributed by atoms with Crippen LogP contribution >= 0.6 is 23.2 Å². The standard InChI is InChI=1S/C24H21Cl2NO4/c1-3-30-19-11-7-17(8-12-19)27-22(15-4-9-18(29-2)10-5-15)23(24(27)28)31-21-13-6-16(25)14-20(21)26/h4-14,22-23H,3H2,1-2H3/t22-,23+/m1/s1. The number of β-lactam (4-membered cyclic amide) rings is 1. The molecule has 5 nitrogen and oxygen atoms in total. The van der Waals surface area contributed by atoms with Crippen molar-refractivity contribution in [2.45, 2.75) is 19.1 Å². The van der Waals surface area contributed by atoms with Gasteiger partial charge in [0.25, 0.3) is 5.91 Å². The van der Waals surface area contributed by atoms with E-state index < -0.39 is 6.10 Å². The second-order valence-electron chi connectivity index (χ2n) is 6.97. The number of carbonyl (C=O) groups is 1. The Morgan fingerprint density at radius 1 is 0.935 bits per heavy atom. The number of amides is 1. The van der Waals surface area contributed by atoms with Crippen molar-refractivity contribution in [1.82, 2.24) is 0 Å². The van der Waals surface area contributed by atoms with Crippen LogP contribution in [-0.4, -0.2) is 25.7 Å². The second kappa shape index (κ2) is 9.08. The molecule has 2 atom stereocenters. The number of benzene rings is 3. The van der Waals surface area contributed by atoms with Crippen molar-refractivity contribution < 1.29 is 19.0 Å². The third-order valence-electron chi connectivity index (χ3n) is 5.08. The molecule has 1 fully saturated rings.